The molecule has 4 rings (SSSR count). The van der Waals surface area contributed by atoms with E-state index in [1.54, 1.807) is 55.6 Å². The van der Waals surface area contributed by atoms with Gasteiger partial charge in [-0.2, -0.15) is 18.4 Å². The number of benzene rings is 2. The Hall–Kier alpha value is -3.79. The van der Waals surface area contributed by atoms with Gasteiger partial charge in [0, 0.05) is 11.9 Å². The number of fused-ring (bicyclic) bond motifs is 1. The Morgan fingerprint density at radius 1 is 0.968 bits per heavy atom. The molecule has 7 heteroatoms. The first-order valence-electron chi connectivity index (χ1n) is 9.62. The van der Waals surface area contributed by atoms with E-state index in [0.29, 0.717) is 5.69 Å². The Balaban J connectivity index is 1.98. The van der Waals surface area contributed by atoms with Crippen LogP contribution in [0, 0.1) is 25.2 Å². The molecule has 2 aliphatic rings. The van der Waals surface area contributed by atoms with Gasteiger partial charge in [-0.3, -0.25) is 4.90 Å². The molecule has 2 aliphatic heterocycles. The first-order valence-corrected chi connectivity index (χ1v) is 9.62. The highest BCUT2D eigenvalue weighted by molar-refractivity contribution is 5.98. The first-order chi connectivity index (χ1) is 14.8. The van der Waals surface area contributed by atoms with Gasteiger partial charge in [-0.25, -0.2) is 4.99 Å². The van der Waals surface area contributed by atoms with E-state index in [1.807, 2.05) is 19.1 Å². The summed E-state index contributed by atoms with van der Waals surface area (Å²) in [5.41, 5.74) is -0.858. The van der Waals surface area contributed by atoms with Gasteiger partial charge in [-0.15, -0.1) is 0 Å². The predicted octanol–water partition coefficient (Wildman–Crippen LogP) is 5.71. The fourth-order valence-corrected chi connectivity index (χ4v) is 3.65. The zero-order valence-corrected chi connectivity index (χ0v) is 16.9. The summed E-state index contributed by atoms with van der Waals surface area (Å²) in [7, 11) is 0. The van der Waals surface area contributed by atoms with Gasteiger partial charge in [-0.1, -0.05) is 53.6 Å². The van der Waals surface area contributed by atoms with Gasteiger partial charge in [0.1, 0.15) is 6.07 Å². The quantitative estimate of drug-likeness (QED) is 0.678. The average molecular weight is 420 g/mol. The summed E-state index contributed by atoms with van der Waals surface area (Å²) in [5, 5.41) is 12.9. The molecule has 0 spiro atoms. The van der Waals surface area contributed by atoms with E-state index in [4.69, 9.17) is 0 Å². The molecule has 1 N–H and O–H groups in total. The van der Waals surface area contributed by atoms with Crippen LogP contribution in [0.2, 0.25) is 0 Å². The van der Waals surface area contributed by atoms with E-state index in [9.17, 15) is 18.4 Å². The van der Waals surface area contributed by atoms with Crippen LogP contribution in [0.3, 0.4) is 0 Å². The van der Waals surface area contributed by atoms with Crippen molar-refractivity contribution in [1.29, 1.82) is 5.26 Å². The molecule has 31 heavy (non-hydrogen) atoms. The van der Waals surface area contributed by atoms with Gasteiger partial charge in [0.2, 0.25) is 11.5 Å². The van der Waals surface area contributed by atoms with E-state index < -0.39 is 17.3 Å². The minimum absolute atomic E-state index is 0.0173. The first kappa shape index (κ1) is 20.5. The number of aryl methyl sites for hydroxylation is 2. The Bertz CT molecular complexity index is 1160. The maximum atomic E-state index is 14.8. The molecule has 0 saturated heterocycles. The number of nitrogens with one attached hydrogen (secondary N) is 1. The lowest BCUT2D eigenvalue weighted by atomic mass is 9.80. The fourth-order valence-electron chi connectivity index (χ4n) is 3.65. The largest absolute Gasteiger partial charge is 0.422 e. The summed E-state index contributed by atoms with van der Waals surface area (Å²) in [6.07, 6.45) is 1.52. The van der Waals surface area contributed by atoms with Gasteiger partial charge >= 0.3 is 6.18 Å². The number of rotatable bonds is 2. The lowest BCUT2D eigenvalue weighted by Gasteiger charge is -2.41. The van der Waals surface area contributed by atoms with Crippen molar-refractivity contribution >= 4 is 11.6 Å². The summed E-state index contributed by atoms with van der Waals surface area (Å²) in [6, 6.07) is 15.0. The second-order valence-electron chi connectivity index (χ2n) is 7.44. The number of guanidine groups is 1. The van der Waals surface area contributed by atoms with E-state index in [2.05, 4.69) is 10.3 Å². The predicted molar refractivity (Wildman–Crippen MR) is 114 cm³/mol. The molecule has 2 heterocycles. The molecule has 0 fully saturated rings. The van der Waals surface area contributed by atoms with Gasteiger partial charge in [0.05, 0.1) is 11.3 Å². The zero-order chi connectivity index (χ0) is 22.2. The Morgan fingerprint density at radius 2 is 1.58 bits per heavy atom. The molecule has 0 radical (unpaired) electrons. The van der Waals surface area contributed by atoms with Crippen LogP contribution >= 0.6 is 0 Å². The molecular formula is C24H19F3N4. The standard InChI is InChI=1S/C24H19F3N4/c1-16-6-10-18(11-7-16)23(24(25,26)27)20(15-28)21-5-3-4-14-31(21)22(30-23)29-19-12-8-17(2)9-13-19/h3-14H,1-2H3,(H,29,30). The Morgan fingerprint density at radius 3 is 2.16 bits per heavy atom. The monoisotopic (exact) mass is 420 g/mol. The maximum Gasteiger partial charge on any atom is 0.422 e. The minimum atomic E-state index is -4.85. The molecule has 0 aliphatic carbocycles. The van der Waals surface area contributed by atoms with Crippen LogP contribution in [0.15, 0.2) is 89.2 Å². The van der Waals surface area contributed by atoms with E-state index in [1.165, 1.54) is 23.1 Å². The normalized spacial score (nSPS) is 20.3. The van der Waals surface area contributed by atoms with Crippen molar-refractivity contribution in [2.24, 2.45) is 4.99 Å². The number of anilines is 1. The molecular weight excluding hydrogens is 401 g/mol. The number of aliphatic imine (C=N–C) groups is 1. The number of halogens is 3. The van der Waals surface area contributed by atoms with E-state index in [0.717, 1.165) is 11.1 Å². The van der Waals surface area contributed by atoms with Crippen LogP contribution in [-0.2, 0) is 5.54 Å². The molecule has 0 aromatic heterocycles. The smallest absolute Gasteiger partial charge is 0.326 e. The van der Waals surface area contributed by atoms with Crippen LogP contribution in [0.5, 0.6) is 0 Å². The number of nitriles is 1. The minimum Gasteiger partial charge on any atom is -0.326 e. The van der Waals surface area contributed by atoms with Crippen LogP contribution < -0.4 is 5.32 Å². The number of nitrogens with zero attached hydrogens (tertiary/aromatic N) is 3. The number of hydrogen-bond donors (Lipinski definition) is 1. The molecule has 0 saturated carbocycles. The molecule has 0 amide bonds. The second-order valence-corrected chi connectivity index (χ2v) is 7.44. The summed E-state index contributed by atoms with van der Waals surface area (Å²) < 4.78 is 44.3. The third-order valence-electron chi connectivity index (χ3n) is 5.28. The van der Waals surface area contributed by atoms with Crippen LogP contribution in [0.4, 0.5) is 18.9 Å². The highest BCUT2D eigenvalue weighted by atomic mass is 19.4. The maximum absolute atomic E-state index is 14.8. The topological polar surface area (TPSA) is 51.4 Å². The van der Waals surface area contributed by atoms with Crippen molar-refractivity contribution in [3.63, 3.8) is 0 Å². The summed E-state index contributed by atoms with van der Waals surface area (Å²) in [4.78, 5) is 5.65. The second kappa shape index (κ2) is 7.47. The van der Waals surface area contributed by atoms with Crippen molar-refractivity contribution in [3.8, 4) is 6.07 Å². The summed E-state index contributed by atoms with van der Waals surface area (Å²) in [5.74, 6) is -0.0173. The fraction of sp³-hybridized carbons (Fsp3) is 0.167. The number of alkyl halides is 3. The third-order valence-corrected chi connectivity index (χ3v) is 5.28. The van der Waals surface area contributed by atoms with Crippen molar-refractivity contribution in [1.82, 2.24) is 4.90 Å². The highest BCUT2D eigenvalue weighted by Gasteiger charge is 2.62. The van der Waals surface area contributed by atoms with Crippen molar-refractivity contribution < 1.29 is 13.2 Å². The summed E-state index contributed by atoms with van der Waals surface area (Å²) >= 11 is 0. The number of hydrogen-bond acceptors (Lipinski definition) is 4. The Kier molecular flexibility index (Phi) is 4.94. The molecule has 1 atom stereocenters. The van der Waals surface area contributed by atoms with Crippen LogP contribution in [0.1, 0.15) is 16.7 Å². The Labute approximate surface area is 178 Å². The molecule has 1 unspecified atom stereocenters. The average Bonchev–Trinajstić information content (AvgIpc) is 2.75. The SMILES string of the molecule is Cc1ccc(NC2=NC(c3ccc(C)cc3)(C(F)(F)F)C(C#N)=C3C=CC=CN23)cc1. The van der Waals surface area contributed by atoms with E-state index in [-0.39, 0.29) is 17.2 Å². The van der Waals surface area contributed by atoms with Crippen molar-refractivity contribution in [2.45, 2.75) is 25.6 Å². The van der Waals surface area contributed by atoms with Crippen molar-refractivity contribution in [3.05, 3.63) is 101 Å². The van der Waals surface area contributed by atoms with E-state index >= 15 is 0 Å². The molecule has 2 aromatic carbocycles. The summed E-state index contributed by atoms with van der Waals surface area (Å²) in [6.45, 7) is 3.71. The molecule has 2 aromatic rings. The van der Waals surface area contributed by atoms with Crippen molar-refractivity contribution in [2.75, 3.05) is 5.32 Å². The highest BCUT2D eigenvalue weighted by Crippen LogP contribution is 2.51. The van der Waals surface area contributed by atoms with Gasteiger partial charge in [-0.05, 0) is 43.7 Å². The third kappa shape index (κ3) is 3.40. The molecule has 0 bridgehead atoms. The van der Waals surface area contributed by atoms with Gasteiger partial charge in [0.25, 0.3) is 0 Å². The lowest BCUT2D eigenvalue weighted by molar-refractivity contribution is -0.177. The lowest BCUT2D eigenvalue weighted by Crippen LogP contribution is -2.50. The zero-order valence-electron chi connectivity index (χ0n) is 16.9. The molecule has 156 valence electrons. The van der Waals surface area contributed by atoms with Crippen LogP contribution in [-0.4, -0.2) is 17.0 Å². The van der Waals surface area contributed by atoms with Gasteiger partial charge < -0.3 is 5.32 Å². The number of allylic oxidation sites excluding steroid dienone is 3. The van der Waals surface area contributed by atoms with Gasteiger partial charge in [0.15, 0.2) is 0 Å². The van der Waals surface area contributed by atoms with Crippen LogP contribution in [0.25, 0.3) is 0 Å². The molecule has 4 nitrogen and oxygen atoms in total.